The van der Waals surface area contributed by atoms with E-state index < -0.39 is 11.4 Å². The van der Waals surface area contributed by atoms with Crippen molar-refractivity contribution in [3.05, 3.63) is 0 Å². The van der Waals surface area contributed by atoms with Crippen LogP contribution in [0, 0.1) is 23.2 Å². The molecule has 6 aliphatic rings. The van der Waals surface area contributed by atoms with Gasteiger partial charge in [0.05, 0.1) is 0 Å². The topological polar surface area (TPSA) is 44.8 Å². The molecule has 2 heterocycles. The molecule has 0 aromatic carbocycles. The maximum absolute atomic E-state index is 12.8. The second kappa shape index (κ2) is 3.65. The molecular formula is C17H24O4. The van der Waals surface area contributed by atoms with E-state index in [-0.39, 0.29) is 17.5 Å². The second-order valence-electron chi connectivity index (χ2n) is 8.64. The molecule has 0 aromatic heterocycles. The normalized spacial score (nSPS) is 56.6. The second-order valence-corrected chi connectivity index (χ2v) is 8.64. The van der Waals surface area contributed by atoms with Crippen LogP contribution in [-0.2, 0) is 19.0 Å². The molecule has 2 saturated heterocycles. The molecule has 0 spiro atoms. The third-order valence-electron chi connectivity index (χ3n) is 6.78. The first-order valence-electron chi connectivity index (χ1n) is 8.48. The molecule has 6 rings (SSSR count). The van der Waals surface area contributed by atoms with Gasteiger partial charge < -0.3 is 14.2 Å². The number of fused-ring (bicyclic) bond motifs is 1. The molecule has 0 aromatic rings. The van der Waals surface area contributed by atoms with Gasteiger partial charge in [-0.25, -0.2) is 4.79 Å². The number of ether oxygens (including phenoxy) is 3. The molecule has 0 unspecified atom stereocenters. The Morgan fingerprint density at radius 2 is 1.57 bits per heavy atom. The molecule has 4 nitrogen and oxygen atoms in total. The van der Waals surface area contributed by atoms with Gasteiger partial charge in [0.1, 0.15) is 12.7 Å². The van der Waals surface area contributed by atoms with E-state index in [4.69, 9.17) is 14.2 Å². The van der Waals surface area contributed by atoms with Crippen molar-refractivity contribution in [2.24, 2.45) is 23.2 Å². The summed E-state index contributed by atoms with van der Waals surface area (Å²) in [5.74, 6) is 1.53. The van der Waals surface area contributed by atoms with Gasteiger partial charge in [0.2, 0.25) is 5.60 Å². The maximum Gasteiger partial charge on any atom is 0.342 e. The molecule has 4 bridgehead atoms. The third-order valence-corrected chi connectivity index (χ3v) is 6.78. The van der Waals surface area contributed by atoms with Crippen molar-refractivity contribution in [1.82, 2.24) is 0 Å². The summed E-state index contributed by atoms with van der Waals surface area (Å²) < 4.78 is 17.8. The fraction of sp³-hybridized carbons (Fsp3) is 0.941. The van der Waals surface area contributed by atoms with Crippen molar-refractivity contribution in [2.45, 2.75) is 69.9 Å². The predicted octanol–water partition coefficient (Wildman–Crippen LogP) is 2.65. The Bertz CT molecular complexity index is 476. The lowest BCUT2D eigenvalue weighted by atomic mass is 9.45. The van der Waals surface area contributed by atoms with Crippen molar-refractivity contribution < 1.29 is 19.0 Å². The molecule has 2 atom stereocenters. The Labute approximate surface area is 125 Å². The van der Waals surface area contributed by atoms with Gasteiger partial charge in [-0.15, -0.1) is 0 Å². The third kappa shape index (κ3) is 1.46. The van der Waals surface area contributed by atoms with Crippen LogP contribution in [0.15, 0.2) is 0 Å². The molecule has 116 valence electrons. The molecule has 0 amide bonds. The number of cyclic esters (lactones) is 1. The van der Waals surface area contributed by atoms with Crippen molar-refractivity contribution in [2.75, 3.05) is 6.61 Å². The van der Waals surface area contributed by atoms with E-state index in [2.05, 4.69) is 0 Å². The van der Waals surface area contributed by atoms with Crippen LogP contribution in [-0.4, -0.2) is 30.1 Å². The van der Waals surface area contributed by atoms with Crippen LogP contribution in [0.2, 0.25) is 0 Å². The van der Waals surface area contributed by atoms with Gasteiger partial charge in [-0.2, -0.15) is 0 Å². The Morgan fingerprint density at radius 1 is 1.00 bits per heavy atom. The lowest BCUT2D eigenvalue weighted by Crippen LogP contribution is -2.64. The zero-order valence-electron chi connectivity index (χ0n) is 12.9. The summed E-state index contributed by atoms with van der Waals surface area (Å²) in [4.78, 5) is 12.8. The Hall–Kier alpha value is -0.610. The van der Waals surface area contributed by atoms with Crippen molar-refractivity contribution in [3.63, 3.8) is 0 Å². The van der Waals surface area contributed by atoms with Gasteiger partial charge in [0.25, 0.3) is 0 Å². The van der Waals surface area contributed by atoms with Crippen LogP contribution in [0.3, 0.4) is 0 Å². The average molecular weight is 292 g/mol. The highest BCUT2D eigenvalue weighted by Crippen LogP contribution is 2.68. The largest absolute Gasteiger partial charge is 0.461 e. The van der Waals surface area contributed by atoms with Gasteiger partial charge in [-0.05, 0) is 70.1 Å². The Balaban J connectivity index is 1.63. The monoisotopic (exact) mass is 292 g/mol. The molecule has 2 aliphatic heterocycles. The smallest absolute Gasteiger partial charge is 0.342 e. The van der Waals surface area contributed by atoms with Crippen LogP contribution in [0.5, 0.6) is 0 Å². The quantitative estimate of drug-likeness (QED) is 0.697. The highest BCUT2D eigenvalue weighted by atomic mass is 16.8. The van der Waals surface area contributed by atoms with E-state index >= 15 is 0 Å². The molecular weight excluding hydrogens is 268 g/mol. The molecule has 4 aliphatic carbocycles. The van der Waals surface area contributed by atoms with Crippen LogP contribution in [0.25, 0.3) is 0 Å². The molecule has 0 N–H and O–H groups in total. The summed E-state index contributed by atoms with van der Waals surface area (Å²) >= 11 is 0. The van der Waals surface area contributed by atoms with Gasteiger partial charge in [0, 0.05) is 5.41 Å². The highest BCUT2D eigenvalue weighted by Gasteiger charge is 2.75. The van der Waals surface area contributed by atoms with Crippen molar-refractivity contribution in [1.29, 1.82) is 0 Å². The zero-order chi connectivity index (χ0) is 14.5. The van der Waals surface area contributed by atoms with E-state index in [1.807, 2.05) is 13.8 Å². The SMILES string of the molecule is CC1(C)O[C@@H]2COC(=O)[C@]2(C23CC4CC(CC(C4)C2)C3)O1. The first-order valence-corrected chi connectivity index (χ1v) is 8.48. The molecule has 0 radical (unpaired) electrons. The van der Waals surface area contributed by atoms with Gasteiger partial charge in [-0.1, -0.05) is 0 Å². The highest BCUT2D eigenvalue weighted by molar-refractivity contribution is 5.84. The Kier molecular flexibility index (Phi) is 2.24. The van der Waals surface area contributed by atoms with Gasteiger partial charge in [0.15, 0.2) is 5.79 Å². The van der Waals surface area contributed by atoms with Crippen LogP contribution >= 0.6 is 0 Å². The number of hydrogen-bond donors (Lipinski definition) is 0. The fourth-order valence-electron chi connectivity index (χ4n) is 6.72. The first kappa shape index (κ1) is 12.9. The molecule has 6 fully saturated rings. The summed E-state index contributed by atoms with van der Waals surface area (Å²) in [5.41, 5.74) is -0.861. The van der Waals surface area contributed by atoms with E-state index in [1.165, 1.54) is 19.3 Å². The van der Waals surface area contributed by atoms with Crippen molar-refractivity contribution >= 4 is 5.97 Å². The zero-order valence-corrected chi connectivity index (χ0v) is 12.9. The standard InChI is InChI=1S/C17H24O4/c1-15(2)20-13-9-19-14(18)17(13,21-15)16-6-10-3-11(7-16)5-12(4-10)8-16/h10-13H,3-9H2,1-2H3/t10?,11?,12?,13-,16?,17-/m1/s1. The summed E-state index contributed by atoms with van der Waals surface area (Å²) in [6.07, 6.45) is 7.26. The molecule has 21 heavy (non-hydrogen) atoms. The summed E-state index contributed by atoms with van der Waals surface area (Å²) in [7, 11) is 0. The lowest BCUT2D eigenvalue weighted by molar-refractivity contribution is -0.232. The lowest BCUT2D eigenvalue weighted by Gasteiger charge is -2.60. The summed E-state index contributed by atoms with van der Waals surface area (Å²) in [6, 6.07) is 0. The summed E-state index contributed by atoms with van der Waals surface area (Å²) in [5, 5.41) is 0. The molecule has 4 saturated carbocycles. The number of esters is 1. The van der Waals surface area contributed by atoms with Crippen LogP contribution < -0.4 is 0 Å². The number of carbonyl (C=O) groups is 1. The first-order chi connectivity index (χ1) is 9.93. The Morgan fingerprint density at radius 3 is 2.14 bits per heavy atom. The van der Waals surface area contributed by atoms with E-state index in [1.54, 1.807) is 0 Å². The minimum atomic E-state index is -0.827. The minimum Gasteiger partial charge on any atom is -0.461 e. The van der Waals surface area contributed by atoms with E-state index in [0.717, 1.165) is 37.0 Å². The fourth-order valence-corrected chi connectivity index (χ4v) is 6.72. The number of rotatable bonds is 1. The molecule has 4 heteroatoms. The minimum absolute atomic E-state index is 0.0340. The number of hydrogen-bond acceptors (Lipinski definition) is 4. The van der Waals surface area contributed by atoms with Gasteiger partial charge >= 0.3 is 5.97 Å². The van der Waals surface area contributed by atoms with Crippen LogP contribution in [0.4, 0.5) is 0 Å². The van der Waals surface area contributed by atoms with E-state index in [9.17, 15) is 4.79 Å². The predicted molar refractivity (Wildman–Crippen MR) is 74.3 cm³/mol. The maximum atomic E-state index is 12.8. The van der Waals surface area contributed by atoms with Crippen LogP contribution in [0.1, 0.15) is 52.4 Å². The summed E-state index contributed by atoms with van der Waals surface area (Å²) in [6.45, 7) is 4.23. The average Bonchev–Trinajstić information content (AvgIpc) is 2.82. The van der Waals surface area contributed by atoms with Crippen molar-refractivity contribution in [3.8, 4) is 0 Å². The number of carbonyl (C=O) groups excluding carboxylic acids is 1. The van der Waals surface area contributed by atoms with Gasteiger partial charge in [-0.3, -0.25) is 0 Å². The van der Waals surface area contributed by atoms with E-state index in [0.29, 0.717) is 6.61 Å².